The molecule has 0 bridgehead atoms. The molecule has 2 N–H and O–H groups in total. The molecule has 1 saturated heterocycles. The van der Waals surface area contributed by atoms with Crippen molar-refractivity contribution in [2.75, 3.05) is 6.54 Å². The van der Waals surface area contributed by atoms with Crippen LogP contribution in [0, 0.1) is 5.92 Å². The third-order valence-corrected chi connectivity index (χ3v) is 5.49. The summed E-state index contributed by atoms with van der Waals surface area (Å²) in [6, 6.07) is 6.92. The summed E-state index contributed by atoms with van der Waals surface area (Å²) in [6.07, 6.45) is 0.931. The molecule has 2 atom stereocenters. The van der Waals surface area contributed by atoms with Gasteiger partial charge in [-0.25, -0.2) is 8.42 Å². The zero-order valence-corrected chi connectivity index (χ0v) is 11.7. The smallest absolute Gasteiger partial charge is 0.243 e. The minimum Gasteiger partial charge on any atom is -0.326 e. The van der Waals surface area contributed by atoms with Crippen LogP contribution >= 0.6 is 0 Å². The third kappa shape index (κ3) is 2.43. The summed E-state index contributed by atoms with van der Waals surface area (Å²) in [5.41, 5.74) is 6.45. The third-order valence-electron chi connectivity index (χ3n) is 3.49. The lowest BCUT2D eigenvalue weighted by Gasteiger charge is -2.21. The van der Waals surface area contributed by atoms with Gasteiger partial charge >= 0.3 is 0 Å². The fraction of sp³-hybridized carbons (Fsp3) is 0.538. The minimum atomic E-state index is -3.35. The lowest BCUT2D eigenvalue weighted by atomic mass is 10.1. The monoisotopic (exact) mass is 268 g/mol. The van der Waals surface area contributed by atoms with Gasteiger partial charge in [0, 0.05) is 19.1 Å². The van der Waals surface area contributed by atoms with Crippen LogP contribution in [0.1, 0.15) is 25.8 Å². The molecule has 0 radical (unpaired) electrons. The van der Waals surface area contributed by atoms with Gasteiger partial charge in [-0.2, -0.15) is 4.31 Å². The first-order chi connectivity index (χ1) is 8.45. The molecule has 1 aromatic carbocycles. The predicted octanol–water partition coefficient (Wildman–Crippen LogP) is 1.56. The van der Waals surface area contributed by atoms with E-state index in [-0.39, 0.29) is 6.04 Å². The predicted molar refractivity (Wildman–Crippen MR) is 71.5 cm³/mol. The molecule has 100 valence electrons. The second-order valence-corrected chi connectivity index (χ2v) is 7.00. The van der Waals surface area contributed by atoms with Gasteiger partial charge in [-0.15, -0.1) is 0 Å². The topological polar surface area (TPSA) is 63.4 Å². The lowest BCUT2D eigenvalue weighted by Crippen LogP contribution is -2.34. The molecule has 1 fully saturated rings. The highest BCUT2D eigenvalue weighted by molar-refractivity contribution is 7.89. The molecule has 1 aromatic rings. The quantitative estimate of drug-likeness (QED) is 0.905. The van der Waals surface area contributed by atoms with E-state index in [0.29, 0.717) is 23.9 Å². The van der Waals surface area contributed by atoms with Gasteiger partial charge in [0.05, 0.1) is 4.90 Å². The van der Waals surface area contributed by atoms with Gasteiger partial charge in [-0.3, -0.25) is 0 Å². The normalized spacial score (nSPS) is 25.5. The Morgan fingerprint density at radius 3 is 2.33 bits per heavy atom. The highest BCUT2D eigenvalue weighted by Crippen LogP contribution is 2.29. The van der Waals surface area contributed by atoms with E-state index in [1.165, 1.54) is 0 Å². The Kier molecular flexibility index (Phi) is 3.75. The summed E-state index contributed by atoms with van der Waals surface area (Å²) in [7, 11) is -3.35. The molecule has 4 nitrogen and oxygen atoms in total. The number of benzene rings is 1. The maximum atomic E-state index is 12.5. The van der Waals surface area contributed by atoms with Crippen LogP contribution in [0.3, 0.4) is 0 Å². The Morgan fingerprint density at radius 2 is 1.89 bits per heavy atom. The van der Waals surface area contributed by atoms with Crippen molar-refractivity contribution in [2.45, 2.75) is 37.8 Å². The first-order valence-electron chi connectivity index (χ1n) is 6.26. The first-order valence-corrected chi connectivity index (χ1v) is 7.70. The van der Waals surface area contributed by atoms with Crippen LogP contribution < -0.4 is 5.73 Å². The molecule has 0 amide bonds. The molecule has 1 heterocycles. The molecular weight excluding hydrogens is 248 g/mol. The Balaban J connectivity index is 2.30. The molecule has 1 aliphatic heterocycles. The van der Waals surface area contributed by atoms with Crippen molar-refractivity contribution in [1.29, 1.82) is 0 Å². The van der Waals surface area contributed by atoms with E-state index in [0.717, 1.165) is 12.0 Å². The average Bonchev–Trinajstić information content (AvgIpc) is 2.69. The van der Waals surface area contributed by atoms with Crippen molar-refractivity contribution in [3.8, 4) is 0 Å². The molecule has 2 rings (SSSR count). The van der Waals surface area contributed by atoms with Gasteiger partial charge in [0.15, 0.2) is 0 Å². The molecule has 0 aliphatic carbocycles. The summed E-state index contributed by atoms with van der Waals surface area (Å²) in [5.74, 6) is 0.429. The summed E-state index contributed by atoms with van der Waals surface area (Å²) >= 11 is 0. The van der Waals surface area contributed by atoms with Gasteiger partial charge in [-0.1, -0.05) is 19.1 Å². The van der Waals surface area contributed by atoms with Crippen molar-refractivity contribution in [3.63, 3.8) is 0 Å². The van der Waals surface area contributed by atoms with Crippen LogP contribution in [-0.4, -0.2) is 25.3 Å². The minimum absolute atomic E-state index is 0.0826. The Hall–Kier alpha value is -0.910. The molecular formula is C13H20N2O2S. The van der Waals surface area contributed by atoms with Crippen LogP contribution in [0.4, 0.5) is 0 Å². The SMILES string of the molecule is CC1CC(C)N(S(=O)(=O)c2ccc(CN)cc2)C1. The number of hydrogen-bond acceptors (Lipinski definition) is 3. The molecule has 2 unspecified atom stereocenters. The summed E-state index contributed by atoms with van der Waals surface area (Å²) in [5, 5.41) is 0. The van der Waals surface area contributed by atoms with Crippen LogP contribution in [0.15, 0.2) is 29.2 Å². The zero-order chi connectivity index (χ0) is 13.3. The summed E-state index contributed by atoms with van der Waals surface area (Å²) in [4.78, 5) is 0.362. The van der Waals surface area contributed by atoms with E-state index in [4.69, 9.17) is 5.73 Å². The molecule has 1 aliphatic rings. The van der Waals surface area contributed by atoms with E-state index in [1.807, 2.05) is 6.92 Å². The van der Waals surface area contributed by atoms with E-state index in [1.54, 1.807) is 28.6 Å². The average molecular weight is 268 g/mol. The number of nitrogens with zero attached hydrogens (tertiary/aromatic N) is 1. The zero-order valence-electron chi connectivity index (χ0n) is 10.8. The number of rotatable bonds is 3. The molecule has 0 aromatic heterocycles. The van der Waals surface area contributed by atoms with Gasteiger partial charge in [0.25, 0.3) is 0 Å². The lowest BCUT2D eigenvalue weighted by molar-refractivity contribution is 0.405. The number of sulfonamides is 1. The maximum Gasteiger partial charge on any atom is 0.243 e. The van der Waals surface area contributed by atoms with E-state index >= 15 is 0 Å². The highest BCUT2D eigenvalue weighted by Gasteiger charge is 2.35. The second kappa shape index (κ2) is 4.99. The van der Waals surface area contributed by atoms with Crippen molar-refractivity contribution in [1.82, 2.24) is 4.31 Å². The number of hydrogen-bond donors (Lipinski definition) is 1. The largest absolute Gasteiger partial charge is 0.326 e. The van der Waals surface area contributed by atoms with Crippen molar-refractivity contribution < 1.29 is 8.42 Å². The van der Waals surface area contributed by atoms with Gasteiger partial charge in [-0.05, 0) is 37.0 Å². The molecule has 5 heteroatoms. The Labute approximate surface area is 109 Å². The molecule has 0 saturated carbocycles. The van der Waals surface area contributed by atoms with Crippen LogP contribution in [-0.2, 0) is 16.6 Å². The molecule has 18 heavy (non-hydrogen) atoms. The highest BCUT2D eigenvalue weighted by atomic mass is 32.2. The van der Waals surface area contributed by atoms with E-state index in [9.17, 15) is 8.42 Å². The maximum absolute atomic E-state index is 12.5. The van der Waals surface area contributed by atoms with Gasteiger partial charge in [0.2, 0.25) is 10.0 Å². The summed E-state index contributed by atoms with van der Waals surface area (Å²) in [6.45, 7) is 5.10. The van der Waals surface area contributed by atoms with Crippen LogP contribution in [0.25, 0.3) is 0 Å². The van der Waals surface area contributed by atoms with Crippen LogP contribution in [0.5, 0.6) is 0 Å². The van der Waals surface area contributed by atoms with E-state index in [2.05, 4.69) is 6.92 Å². The number of nitrogens with two attached hydrogens (primary N) is 1. The second-order valence-electron chi connectivity index (χ2n) is 5.11. The standard InChI is InChI=1S/C13H20N2O2S/c1-10-7-11(2)15(9-10)18(16,17)13-5-3-12(8-14)4-6-13/h3-6,10-11H,7-9,14H2,1-2H3. The van der Waals surface area contributed by atoms with Gasteiger partial charge < -0.3 is 5.73 Å². The summed E-state index contributed by atoms with van der Waals surface area (Å²) < 4.78 is 26.6. The van der Waals surface area contributed by atoms with Crippen molar-refractivity contribution >= 4 is 10.0 Å². The Bertz CT molecular complexity index is 510. The fourth-order valence-electron chi connectivity index (χ4n) is 2.53. The van der Waals surface area contributed by atoms with Crippen molar-refractivity contribution in [2.24, 2.45) is 11.7 Å². The van der Waals surface area contributed by atoms with Gasteiger partial charge in [0.1, 0.15) is 0 Å². The first kappa shape index (κ1) is 13.5. The van der Waals surface area contributed by atoms with Crippen LogP contribution in [0.2, 0.25) is 0 Å². The van der Waals surface area contributed by atoms with Crippen molar-refractivity contribution in [3.05, 3.63) is 29.8 Å². The fourth-order valence-corrected chi connectivity index (χ4v) is 4.29. The van der Waals surface area contributed by atoms with E-state index < -0.39 is 10.0 Å². The Morgan fingerprint density at radius 1 is 1.28 bits per heavy atom. The molecule has 0 spiro atoms.